The number of nitrogens with one attached hydrogen (secondary N) is 2. The number of benzene rings is 2. The van der Waals surface area contributed by atoms with E-state index in [1.54, 1.807) is 7.05 Å². The number of aryl methyl sites for hydroxylation is 1. The van der Waals surface area contributed by atoms with Crippen LogP contribution in [0.2, 0.25) is 0 Å². The first kappa shape index (κ1) is 22.8. The van der Waals surface area contributed by atoms with Gasteiger partial charge in [0.25, 0.3) is 0 Å². The van der Waals surface area contributed by atoms with Crippen LogP contribution < -0.4 is 10.6 Å². The second-order valence-electron chi connectivity index (χ2n) is 7.34. The molecule has 0 unspecified atom stereocenters. The molecule has 0 aliphatic rings. The Balaban J connectivity index is 1.37. The van der Waals surface area contributed by atoms with Gasteiger partial charge in [-0.2, -0.15) is 0 Å². The minimum atomic E-state index is 0.599. The van der Waals surface area contributed by atoms with Crippen LogP contribution in [-0.4, -0.2) is 43.9 Å². The highest BCUT2D eigenvalue weighted by molar-refractivity contribution is 5.80. The van der Waals surface area contributed by atoms with Gasteiger partial charge in [-0.15, -0.1) is 0 Å². The van der Waals surface area contributed by atoms with E-state index in [2.05, 4.69) is 81.0 Å². The number of hydrogen-bond acceptors (Lipinski definition) is 3. The van der Waals surface area contributed by atoms with Gasteiger partial charge in [-0.1, -0.05) is 42.5 Å². The fourth-order valence-electron chi connectivity index (χ4n) is 3.48. The molecule has 31 heavy (non-hydrogen) atoms. The first-order valence-electron chi connectivity index (χ1n) is 11.0. The molecule has 0 fully saturated rings. The maximum Gasteiger partial charge on any atom is 0.191 e. The molecule has 0 radical (unpaired) electrons. The molecule has 6 heteroatoms. The van der Waals surface area contributed by atoms with Crippen molar-refractivity contribution in [2.75, 3.05) is 33.4 Å². The number of guanidine groups is 1. The summed E-state index contributed by atoms with van der Waals surface area (Å²) in [5.74, 6) is 0.815. The van der Waals surface area contributed by atoms with Gasteiger partial charge in [-0.05, 0) is 42.0 Å². The lowest BCUT2D eigenvalue weighted by Crippen LogP contribution is -2.37. The van der Waals surface area contributed by atoms with Crippen LogP contribution in [0, 0.1) is 0 Å². The van der Waals surface area contributed by atoms with Crippen LogP contribution in [0.5, 0.6) is 0 Å². The van der Waals surface area contributed by atoms with Gasteiger partial charge in [-0.25, -0.2) is 0 Å². The largest absolute Gasteiger partial charge is 0.379 e. The molecule has 0 bridgehead atoms. The molecule has 0 aliphatic carbocycles. The second kappa shape index (κ2) is 12.8. The molecule has 1 aromatic heterocycles. The Morgan fingerprint density at radius 2 is 1.81 bits per heavy atom. The van der Waals surface area contributed by atoms with Crippen LogP contribution in [0.15, 0.2) is 65.8 Å². The summed E-state index contributed by atoms with van der Waals surface area (Å²) in [5.41, 5.74) is 3.65. The van der Waals surface area contributed by atoms with E-state index in [0.717, 1.165) is 37.6 Å². The first-order chi connectivity index (χ1) is 15.3. The highest BCUT2D eigenvalue weighted by Gasteiger charge is 2.02. The Morgan fingerprint density at radius 1 is 0.968 bits per heavy atom. The van der Waals surface area contributed by atoms with Gasteiger partial charge in [0.15, 0.2) is 5.96 Å². The fourth-order valence-corrected chi connectivity index (χ4v) is 3.48. The summed E-state index contributed by atoms with van der Waals surface area (Å²) in [6.07, 6.45) is 3.18. The van der Waals surface area contributed by atoms with E-state index in [-0.39, 0.29) is 0 Å². The fraction of sp³-hybridized carbons (Fsp3) is 0.400. The lowest BCUT2D eigenvalue weighted by molar-refractivity contribution is 0.0453. The highest BCUT2D eigenvalue weighted by atomic mass is 16.5. The average Bonchev–Trinajstić information content (AvgIpc) is 3.22. The Kier molecular flexibility index (Phi) is 9.41. The van der Waals surface area contributed by atoms with Crippen LogP contribution in [0.25, 0.3) is 10.9 Å². The van der Waals surface area contributed by atoms with Gasteiger partial charge in [0.2, 0.25) is 0 Å². The molecule has 0 spiro atoms. The van der Waals surface area contributed by atoms with E-state index in [4.69, 9.17) is 9.47 Å². The molecule has 0 atom stereocenters. The molecule has 2 aromatic carbocycles. The Morgan fingerprint density at radius 3 is 2.68 bits per heavy atom. The summed E-state index contributed by atoms with van der Waals surface area (Å²) in [6.45, 7) is 7.12. The third-order valence-corrected chi connectivity index (χ3v) is 5.07. The van der Waals surface area contributed by atoms with E-state index in [0.29, 0.717) is 26.4 Å². The quantitative estimate of drug-likeness (QED) is 0.264. The average molecular weight is 423 g/mol. The number of hydrogen-bond donors (Lipinski definition) is 2. The van der Waals surface area contributed by atoms with E-state index >= 15 is 0 Å². The van der Waals surface area contributed by atoms with Crippen molar-refractivity contribution in [2.45, 2.75) is 33.0 Å². The number of para-hydroxylation sites is 1. The van der Waals surface area contributed by atoms with Gasteiger partial charge in [0.05, 0.1) is 19.8 Å². The first-order valence-corrected chi connectivity index (χ1v) is 11.0. The molecule has 0 saturated carbocycles. The SMILES string of the molecule is CCOCCOCc1cccc(CNC(=NC)NCCCn2ccc3ccccc32)c1. The third kappa shape index (κ3) is 7.42. The molecule has 3 aromatic rings. The van der Waals surface area contributed by atoms with Crippen molar-refractivity contribution in [3.05, 3.63) is 71.9 Å². The van der Waals surface area contributed by atoms with Crippen LogP contribution in [0.1, 0.15) is 24.5 Å². The van der Waals surface area contributed by atoms with Gasteiger partial charge < -0.3 is 24.7 Å². The summed E-state index contributed by atoms with van der Waals surface area (Å²) >= 11 is 0. The smallest absolute Gasteiger partial charge is 0.191 e. The zero-order valence-corrected chi connectivity index (χ0v) is 18.6. The van der Waals surface area contributed by atoms with Crippen molar-refractivity contribution in [3.63, 3.8) is 0 Å². The minimum absolute atomic E-state index is 0.599. The molecule has 0 saturated heterocycles. The zero-order chi connectivity index (χ0) is 21.7. The summed E-state index contributed by atoms with van der Waals surface area (Å²) < 4.78 is 13.3. The van der Waals surface area contributed by atoms with Crippen molar-refractivity contribution in [3.8, 4) is 0 Å². The molecule has 0 amide bonds. The highest BCUT2D eigenvalue weighted by Crippen LogP contribution is 2.15. The molecule has 0 aliphatic heterocycles. The molecule has 2 N–H and O–H groups in total. The van der Waals surface area contributed by atoms with Crippen LogP contribution >= 0.6 is 0 Å². The van der Waals surface area contributed by atoms with Crippen molar-refractivity contribution >= 4 is 16.9 Å². The molecular formula is C25H34N4O2. The normalized spacial score (nSPS) is 11.7. The molecule has 1 heterocycles. The van der Waals surface area contributed by atoms with Crippen LogP contribution in [0.3, 0.4) is 0 Å². The third-order valence-electron chi connectivity index (χ3n) is 5.07. The maximum atomic E-state index is 5.66. The summed E-state index contributed by atoms with van der Waals surface area (Å²) in [6, 6.07) is 19.1. The minimum Gasteiger partial charge on any atom is -0.379 e. The summed E-state index contributed by atoms with van der Waals surface area (Å²) in [4.78, 5) is 4.34. The van der Waals surface area contributed by atoms with E-state index in [9.17, 15) is 0 Å². The number of fused-ring (bicyclic) bond motifs is 1. The van der Waals surface area contributed by atoms with Crippen LogP contribution in [0.4, 0.5) is 0 Å². The molecule has 6 nitrogen and oxygen atoms in total. The Labute approximate surface area is 185 Å². The van der Waals surface area contributed by atoms with Gasteiger partial charge in [0.1, 0.15) is 0 Å². The van der Waals surface area contributed by atoms with Crippen molar-refractivity contribution in [2.24, 2.45) is 4.99 Å². The predicted octanol–water partition coefficient (Wildman–Crippen LogP) is 3.95. The Hall–Kier alpha value is -2.83. The molecule has 3 rings (SSSR count). The Bertz CT molecular complexity index is 951. The number of nitrogens with zero attached hydrogens (tertiary/aromatic N) is 2. The monoisotopic (exact) mass is 422 g/mol. The van der Waals surface area contributed by atoms with Crippen molar-refractivity contribution < 1.29 is 9.47 Å². The van der Waals surface area contributed by atoms with Crippen molar-refractivity contribution in [1.82, 2.24) is 15.2 Å². The second-order valence-corrected chi connectivity index (χ2v) is 7.34. The van der Waals surface area contributed by atoms with Crippen LogP contribution in [-0.2, 0) is 29.2 Å². The maximum absolute atomic E-state index is 5.66. The molecular weight excluding hydrogens is 388 g/mol. The standard InChI is InChI=1S/C25H34N4O2/c1-3-30-16-17-31-20-22-9-6-8-21(18-22)19-28-25(26-2)27-13-7-14-29-15-12-23-10-4-5-11-24(23)29/h4-6,8-12,15,18H,3,7,13-14,16-17,19-20H2,1-2H3,(H2,26,27,28). The summed E-state index contributed by atoms with van der Waals surface area (Å²) in [5, 5.41) is 8.08. The number of aliphatic imine (C=N–C) groups is 1. The predicted molar refractivity (Wildman–Crippen MR) is 127 cm³/mol. The zero-order valence-electron chi connectivity index (χ0n) is 18.6. The van der Waals surface area contributed by atoms with E-state index in [1.165, 1.54) is 16.5 Å². The summed E-state index contributed by atoms with van der Waals surface area (Å²) in [7, 11) is 1.80. The number of aromatic nitrogens is 1. The number of rotatable bonds is 12. The van der Waals surface area contributed by atoms with E-state index < -0.39 is 0 Å². The topological polar surface area (TPSA) is 59.8 Å². The van der Waals surface area contributed by atoms with Gasteiger partial charge >= 0.3 is 0 Å². The number of ether oxygens (including phenoxy) is 2. The lowest BCUT2D eigenvalue weighted by Gasteiger charge is -2.13. The van der Waals surface area contributed by atoms with Crippen molar-refractivity contribution in [1.29, 1.82) is 0 Å². The van der Waals surface area contributed by atoms with Gasteiger partial charge in [0, 0.05) is 45.0 Å². The lowest BCUT2D eigenvalue weighted by atomic mass is 10.1. The molecule has 166 valence electrons. The van der Waals surface area contributed by atoms with Gasteiger partial charge in [-0.3, -0.25) is 4.99 Å². The van der Waals surface area contributed by atoms with E-state index in [1.807, 2.05) is 6.92 Å².